The summed E-state index contributed by atoms with van der Waals surface area (Å²) in [4.78, 5) is 4.31. The Bertz CT molecular complexity index is 513. The van der Waals surface area contributed by atoms with Gasteiger partial charge in [-0.1, -0.05) is 31.2 Å². The molecule has 0 saturated carbocycles. The van der Waals surface area contributed by atoms with Crippen LogP contribution in [0.5, 0.6) is 0 Å². The van der Waals surface area contributed by atoms with Gasteiger partial charge in [-0.25, -0.2) is 9.67 Å². The molecular weight excluding hydrogens is 236 g/mol. The zero-order valence-corrected chi connectivity index (χ0v) is 11.9. The van der Waals surface area contributed by atoms with Gasteiger partial charge in [0, 0.05) is 18.5 Å². The van der Waals surface area contributed by atoms with Crippen LogP contribution in [-0.4, -0.2) is 14.8 Å². The van der Waals surface area contributed by atoms with E-state index in [0.29, 0.717) is 12.5 Å². The molecule has 0 saturated heterocycles. The lowest BCUT2D eigenvalue weighted by Gasteiger charge is -2.14. The first-order valence-corrected chi connectivity index (χ1v) is 6.84. The fraction of sp³-hybridized carbons (Fsp3) is 0.467. The number of nitrogens with zero attached hydrogens (tertiary/aromatic N) is 3. The first kappa shape index (κ1) is 13.7. The van der Waals surface area contributed by atoms with Gasteiger partial charge in [0.25, 0.3) is 0 Å². The third kappa shape index (κ3) is 3.20. The summed E-state index contributed by atoms with van der Waals surface area (Å²) >= 11 is 0. The normalized spacial score (nSPS) is 12.9. The van der Waals surface area contributed by atoms with Crippen molar-refractivity contribution in [3.8, 4) is 0 Å². The van der Waals surface area contributed by atoms with Crippen molar-refractivity contribution in [3.63, 3.8) is 0 Å². The monoisotopic (exact) mass is 258 g/mol. The van der Waals surface area contributed by atoms with Crippen molar-refractivity contribution in [1.82, 2.24) is 14.8 Å². The van der Waals surface area contributed by atoms with E-state index in [4.69, 9.17) is 5.73 Å². The molecule has 0 fully saturated rings. The summed E-state index contributed by atoms with van der Waals surface area (Å²) in [5.74, 6) is 0.946. The molecule has 0 aliphatic heterocycles. The van der Waals surface area contributed by atoms with Crippen LogP contribution in [0.2, 0.25) is 0 Å². The summed E-state index contributed by atoms with van der Waals surface area (Å²) in [7, 11) is 0. The van der Waals surface area contributed by atoms with Crippen molar-refractivity contribution in [2.75, 3.05) is 0 Å². The van der Waals surface area contributed by atoms with Crippen molar-refractivity contribution in [1.29, 1.82) is 0 Å². The molecule has 0 amide bonds. The van der Waals surface area contributed by atoms with Crippen LogP contribution in [0.4, 0.5) is 0 Å². The van der Waals surface area contributed by atoms with Crippen molar-refractivity contribution in [2.45, 2.75) is 45.7 Å². The van der Waals surface area contributed by atoms with E-state index in [1.165, 1.54) is 5.56 Å². The number of rotatable bonds is 5. The Labute approximate surface area is 114 Å². The molecule has 0 aliphatic carbocycles. The molecule has 4 heteroatoms. The molecule has 2 aromatic rings. The van der Waals surface area contributed by atoms with Crippen LogP contribution < -0.4 is 5.73 Å². The highest BCUT2D eigenvalue weighted by atomic mass is 15.3. The minimum atomic E-state index is -0.0346. The maximum absolute atomic E-state index is 6.27. The molecule has 102 valence electrons. The van der Waals surface area contributed by atoms with Gasteiger partial charge in [0.05, 0.1) is 0 Å². The molecule has 1 unspecified atom stereocenters. The van der Waals surface area contributed by atoms with Crippen LogP contribution >= 0.6 is 0 Å². The van der Waals surface area contributed by atoms with E-state index in [-0.39, 0.29) is 6.04 Å². The van der Waals surface area contributed by atoms with Crippen LogP contribution in [0.25, 0.3) is 0 Å². The number of aromatic nitrogens is 3. The van der Waals surface area contributed by atoms with Gasteiger partial charge < -0.3 is 5.73 Å². The molecule has 1 atom stereocenters. The van der Waals surface area contributed by atoms with E-state index < -0.39 is 0 Å². The molecule has 1 aromatic heterocycles. The van der Waals surface area contributed by atoms with Crippen molar-refractivity contribution in [2.24, 2.45) is 5.73 Å². The molecular formula is C15H22N4. The Morgan fingerprint density at radius 3 is 2.47 bits per heavy atom. The SMILES string of the molecule is CCc1ccc(C(N)Cc2ncnn2C(C)C)cc1. The van der Waals surface area contributed by atoms with Gasteiger partial charge in [-0.05, 0) is 31.4 Å². The second kappa shape index (κ2) is 5.97. The third-order valence-corrected chi connectivity index (χ3v) is 3.35. The first-order valence-electron chi connectivity index (χ1n) is 6.84. The zero-order valence-electron chi connectivity index (χ0n) is 11.9. The minimum absolute atomic E-state index is 0.0346. The summed E-state index contributed by atoms with van der Waals surface area (Å²) in [5.41, 5.74) is 8.75. The van der Waals surface area contributed by atoms with Gasteiger partial charge in [0.15, 0.2) is 0 Å². The van der Waals surface area contributed by atoms with E-state index in [9.17, 15) is 0 Å². The Balaban J connectivity index is 2.11. The third-order valence-electron chi connectivity index (χ3n) is 3.35. The van der Waals surface area contributed by atoms with E-state index in [1.54, 1.807) is 6.33 Å². The Kier molecular flexibility index (Phi) is 4.32. The van der Waals surface area contributed by atoms with Gasteiger partial charge in [-0.3, -0.25) is 0 Å². The predicted octanol–water partition coefficient (Wildman–Crippen LogP) is 2.66. The van der Waals surface area contributed by atoms with E-state index in [2.05, 4.69) is 55.1 Å². The largest absolute Gasteiger partial charge is 0.324 e. The summed E-state index contributed by atoms with van der Waals surface area (Å²) < 4.78 is 1.93. The van der Waals surface area contributed by atoms with Gasteiger partial charge >= 0.3 is 0 Å². The summed E-state index contributed by atoms with van der Waals surface area (Å²) in [6, 6.07) is 8.78. The highest BCUT2D eigenvalue weighted by molar-refractivity contribution is 5.25. The quantitative estimate of drug-likeness (QED) is 0.897. The van der Waals surface area contributed by atoms with Gasteiger partial charge in [0.1, 0.15) is 12.2 Å². The second-order valence-electron chi connectivity index (χ2n) is 5.12. The molecule has 0 spiro atoms. The van der Waals surface area contributed by atoms with Crippen LogP contribution in [0.3, 0.4) is 0 Å². The number of hydrogen-bond donors (Lipinski definition) is 1. The fourth-order valence-electron chi connectivity index (χ4n) is 2.17. The average Bonchev–Trinajstić information content (AvgIpc) is 2.87. The van der Waals surface area contributed by atoms with Gasteiger partial charge in [-0.15, -0.1) is 0 Å². The summed E-state index contributed by atoms with van der Waals surface area (Å²) in [5, 5.41) is 4.24. The molecule has 0 bridgehead atoms. The van der Waals surface area contributed by atoms with Crippen molar-refractivity contribution < 1.29 is 0 Å². The topological polar surface area (TPSA) is 56.7 Å². The Morgan fingerprint density at radius 1 is 1.21 bits per heavy atom. The van der Waals surface area contributed by atoms with Crippen LogP contribution in [0.1, 0.15) is 49.8 Å². The maximum atomic E-state index is 6.27. The maximum Gasteiger partial charge on any atom is 0.138 e. The minimum Gasteiger partial charge on any atom is -0.324 e. The molecule has 19 heavy (non-hydrogen) atoms. The summed E-state index contributed by atoms with van der Waals surface area (Å²) in [6.07, 6.45) is 3.36. The van der Waals surface area contributed by atoms with E-state index in [1.807, 2.05) is 4.68 Å². The Morgan fingerprint density at radius 2 is 1.89 bits per heavy atom. The molecule has 2 rings (SSSR count). The molecule has 4 nitrogen and oxygen atoms in total. The summed E-state index contributed by atoms with van der Waals surface area (Å²) in [6.45, 7) is 6.35. The van der Waals surface area contributed by atoms with Gasteiger partial charge in [0.2, 0.25) is 0 Å². The van der Waals surface area contributed by atoms with Crippen LogP contribution in [-0.2, 0) is 12.8 Å². The predicted molar refractivity (Wildman–Crippen MR) is 76.9 cm³/mol. The molecule has 1 heterocycles. The Hall–Kier alpha value is -1.68. The molecule has 1 aromatic carbocycles. The lowest BCUT2D eigenvalue weighted by molar-refractivity contribution is 0.493. The molecule has 0 radical (unpaired) electrons. The molecule has 2 N–H and O–H groups in total. The smallest absolute Gasteiger partial charge is 0.138 e. The van der Waals surface area contributed by atoms with E-state index >= 15 is 0 Å². The number of aryl methyl sites for hydroxylation is 1. The number of nitrogens with two attached hydrogens (primary N) is 1. The van der Waals surface area contributed by atoms with E-state index in [0.717, 1.165) is 17.8 Å². The number of hydrogen-bond acceptors (Lipinski definition) is 3. The van der Waals surface area contributed by atoms with Crippen LogP contribution in [0, 0.1) is 0 Å². The van der Waals surface area contributed by atoms with Crippen molar-refractivity contribution >= 4 is 0 Å². The van der Waals surface area contributed by atoms with Crippen LogP contribution in [0.15, 0.2) is 30.6 Å². The highest BCUT2D eigenvalue weighted by Crippen LogP contribution is 2.17. The van der Waals surface area contributed by atoms with Gasteiger partial charge in [-0.2, -0.15) is 5.10 Å². The highest BCUT2D eigenvalue weighted by Gasteiger charge is 2.13. The standard InChI is InChI=1S/C15H22N4/c1-4-12-5-7-13(8-6-12)14(16)9-15-17-10-18-19(15)11(2)3/h5-8,10-11,14H,4,9,16H2,1-3H3. The fourth-order valence-corrected chi connectivity index (χ4v) is 2.17. The van der Waals surface area contributed by atoms with Crippen molar-refractivity contribution in [3.05, 3.63) is 47.5 Å². The lowest BCUT2D eigenvalue weighted by atomic mass is 10.0. The molecule has 0 aliphatic rings. The lowest BCUT2D eigenvalue weighted by Crippen LogP contribution is -2.18. The number of benzene rings is 1. The first-order chi connectivity index (χ1) is 9.11. The average molecular weight is 258 g/mol. The zero-order chi connectivity index (χ0) is 13.8. The second-order valence-corrected chi connectivity index (χ2v) is 5.12.